The first kappa shape index (κ1) is 23.9. The summed E-state index contributed by atoms with van der Waals surface area (Å²) < 4.78 is 35.0. The van der Waals surface area contributed by atoms with E-state index >= 15 is 0 Å². The standard InChI is InChI=1S/C20H28N6O5S2/c1-2-25-19(23-11-13-31-14-12-23)21-22-20(25)32-18-8-7-16(15-17(18)26(27)28)33(29,30)24-9-5-3-4-6-10-24/h7-8,15H,2-6,9-14H2,1H3. The van der Waals surface area contributed by atoms with E-state index in [1.165, 1.54) is 16.4 Å². The van der Waals surface area contributed by atoms with Gasteiger partial charge in [0.25, 0.3) is 5.69 Å². The lowest BCUT2D eigenvalue weighted by Crippen LogP contribution is -2.38. The highest BCUT2D eigenvalue weighted by Gasteiger charge is 2.29. The topological polar surface area (TPSA) is 124 Å². The molecule has 4 rings (SSSR count). The molecule has 2 aliphatic rings. The maximum absolute atomic E-state index is 13.1. The van der Waals surface area contributed by atoms with E-state index in [2.05, 4.69) is 15.1 Å². The number of nitrogens with zero attached hydrogens (tertiary/aromatic N) is 6. The van der Waals surface area contributed by atoms with Crippen molar-refractivity contribution in [1.82, 2.24) is 19.1 Å². The highest BCUT2D eigenvalue weighted by atomic mass is 32.2. The maximum atomic E-state index is 13.1. The van der Waals surface area contributed by atoms with Gasteiger partial charge in [-0.25, -0.2) is 8.42 Å². The van der Waals surface area contributed by atoms with Crippen molar-refractivity contribution in [3.05, 3.63) is 28.3 Å². The van der Waals surface area contributed by atoms with Gasteiger partial charge >= 0.3 is 0 Å². The zero-order valence-corrected chi connectivity index (χ0v) is 20.2. The van der Waals surface area contributed by atoms with Crippen molar-refractivity contribution in [3.8, 4) is 0 Å². The van der Waals surface area contributed by atoms with Crippen molar-refractivity contribution in [3.63, 3.8) is 0 Å². The number of nitro groups is 1. The summed E-state index contributed by atoms with van der Waals surface area (Å²) in [6, 6.07) is 4.11. The van der Waals surface area contributed by atoms with Gasteiger partial charge in [-0.2, -0.15) is 4.31 Å². The fourth-order valence-corrected chi connectivity index (χ4v) is 6.56. The van der Waals surface area contributed by atoms with Gasteiger partial charge in [0.1, 0.15) is 0 Å². The first-order valence-corrected chi connectivity index (χ1v) is 13.4. The van der Waals surface area contributed by atoms with Crippen LogP contribution in [0, 0.1) is 10.1 Å². The minimum Gasteiger partial charge on any atom is -0.378 e. The number of morpholine rings is 1. The lowest BCUT2D eigenvalue weighted by molar-refractivity contribution is -0.388. The number of hydrogen-bond donors (Lipinski definition) is 0. The molecule has 2 saturated heterocycles. The van der Waals surface area contributed by atoms with E-state index in [1.807, 2.05) is 11.5 Å². The largest absolute Gasteiger partial charge is 0.378 e. The van der Waals surface area contributed by atoms with Crippen LogP contribution < -0.4 is 4.90 Å². The molecule has 0 spiro atoms. The smallest absolute Gasteiger partial charge is 0.284 e. The van der Waals surface area contributed by atoms with Gasteiger partial charge < -0.3 is 9.64 Å². The minimum absolute atomic E-state index is 0.0496. The SMILES string of the molecule is CCn1c(Sc2ccc(S(=O)(=O)N3CCCCCC3)cc2[N+](=O)[O-])nnc1N1CCOCC1. The molecular formula is C20H28N6O5S2. The van der Waals surface area contributed by atoms with E-state index in [-0.39, 0.29) is 10.6 Å². The number of nitro benzene ring substituents is 1. The van der Waals surface area contributed by atoms with Crippen LogP contribution in [0.4, 0.5) is 11.6 Å². The summed E-state index contributed by atoms with van der Waals surface area (Å²) in [4.78, 5) is 13.7. The van der Waals surface area contributed by atoms with Crippen LogP contribution in [0.3, 0.4) is 0 Å². The van der Waals surface area contributed by atoms with E-state index in [0.717, 1.165) is 43.5 Å². The van der Waals surface area contributed by atoms with E-state index in [1.54, 1.807) is 0 Å². The van der Waals surface area contributed by atoms with Gasteiger partial charge in [-0.15, -0.1) is 10.2 Å². The molecule has 2 fully saturated rings. The molecule has 0 N–H and O–H groups in total. The molecule has 1 aromatic carbocycles. The Morgan fingerprint density at radius 2 is 1.79 bits per heavy atom. The molecule has 11 nitrogen and oxygen atoms in total. The summed E-state index contributed by atoms with van der Waals surface area (Å²) in [5.74, 6) is 0.700. The summed E-state index contributed by atoms with van der Waals surface area (Å²) >= 11 is 1.12. The van der Waals surface area contributed by atoms with Crippen molar-refractivity contribution in [1.29, 1.82) is 0 Å². The second kappa shape index (κ2) is 10.4. The summed E-state index contributed by atoms with van der Waals surface area (Å²) in [6.45, 7) is 6.06. The third-order valence-electron chi connectivity index (χ3n) is 5.84. The molecule has 0 bridgehead atoms. The predicted molar refractivity (Wildman–Crippen MR) is 123 cm³/mol. The normalized spacial score (nSPS) is 18.3. The zero-order valence-electron chi connectivity index (χ0n) is 18.6. The molecule has 3 heterocycles. The number of anilines is 1. The van der Waals surface area contributed by atoms with E-state index in [0.29, 0.717) is 61.9 Å². The van der Waals surface area contributed by atoms with Crippen LogP contribution in [0.1, 0.15) is 32.6 Å². The van der Waals surface area contributed by atoms with Gasteiger partial charge in [0, 0.05) is 38.8 Å². The molecule has 0 amide bonds. The average Bonchev–Trinajstić information content (AvgIpc) is 3.02. The average molecular weight is 497 g/mol. The van der Waals surface area contributed by atoms with Crippen LogP contribution in [0.2, 0.25) is 0 Å². The van der Waals surface area contributed by atoms with Crippen molar-refractivity contribution in [2.45, 2.75) is 54.1 Å². The predicted octanol–water partition coefficient (Wildman–Crippen LogP) is 2.76. The Balaban J connectivity index is 1.63. The van der Waals surface area contributed by atoms with Crippen molar-refractivity contribution in [2.75, 3.05) is 44.3 Å². The Bertz CT molecular complexity index is 1090. The molecular weight excluding hydrogens is 468 g/mol. The molecule has 180 valence electrons. The monoisotopic (exact) mass is 496 g/mol. The summed E-state index contributed by atoms with van der Waals surface area (Å²) in [6.07, 6.45) is 3.58. The van der Waals surface area contributed by atoms with Crippen molar-refractivity contribution < 1.29 is 18.1 Å². The van der Waals surface area contributed by atoms with Gasteiger partial charge in [-0.05, 0) is 43.7 Å². The van der Waals surface area contributed by atoms with Crippen molar-refractivity contribution >= 4 is 33.4 Å². The third-order valence-corrected chi connectivity index (χ3v) is 8.78. The Morgan fingerprint density at radius 1 is 1.09 bits per heavy atom. The number of sulfonamides is 1. The van der Waals surface area contributed by atoms with Crippen LogP contribution in [0.15, 0.2) is 33.1 Å². The Labute approximate surface area is 197 Å². The second-order valence-electron chi connectivity index (χ2n) is 7.93. The highest BCUT2D eigenvalue weighted by Crippen LogP contribution is 2.37. The minimum atomic E-state index is -3.79. The molecule has 13 heteroatoms. The Hall–Kier alpha value is -2.22. The zero-order chi connectivity index (χ0) is 23.4. The van der Waals surface area contributed by atoms with Crippen LogP contribution >= 0.6 is 11.8 Å². The van der Waals surface area contributed by atoms with Crippen molar-refractivity contribution in [2.24, 2.45) is 0 Å². The highest BCUT2D eigenvalue weighted by molar-refractivity contribution is 7.99. The number of rotatable bonds is 7. The van der Waals surface area contributed by atoms with E-state index < -0.39 is 14.9 Å². The van der Waals surface area contributed by atoms with Crippen LogP contribution in [-0.4, -0.2) is 71.8 Å². The van der Waals surface area contributed by atoms with Crippen LogP contribution in [-0.2, 0) is 21.3 Å². The van der Waals surface area contributed by atoms with Gasteiger partial charge in [0.05, 0.1) is 27.9 Å². The Kier molecular flexibility index (Phi) is 7.51. The van der Waals surface area contributed by atoms with E-state index in [4.69, 9.17) is 4.74 Å². The van der Waals surface area contributed by atoms with Crippen LogP contribution in [0.5, 0.6) is 0 Å². The first-order valence-electron chi connectivity index (χ1n) is 11.1. The third kappa shape index (κ3) is 5.15. The molecule has 0 saturated carbocycles. The molecule has 2 aliphatic heterocycles. The fraction of sp³-hybridized carbons (Fsp3) is 0.600. The van der Waals surface area contributed by atoms with Gasteiger partial charge in [-0.3, -0.25) is 14.7 Å². The number of benzene rings is 1. The Morgan fingerprint density at radius 3 is 2.42 bits per heavy atom. The molecule has 2 aromatic rings. The van der Waals surface area contributed by atoms with Gasteiger partial charge in [0.2, 0.25) is 16.0 Å². The maximum Gasteiger partial charge on any atom is 0.284 e. The van der Waals surface area contributed by atoms with Gasteiger partial charge in [-0.1, -0.05) is 12.8 Å². The number of ether oxygens (including phenoxy) is 1. The molecule has 33 heavy (non-hydrogen) atoms. The molecule has 0 atom stereocenters. The fourth-order valence-electron chi connectivity index (χ4n) is 4.05. The molecule has 0 radical (unpaired) electrons. The van der Waals surface area contributed by atoms with E-state index in [9.17, 15) is 18.5 Å². The second-order valence-corrected chi connectivity index (χ2v) is 10.9. The lowest BCUT2D eigenvalue weighted by atomic mass is 10.2. The molecule has 0 unspecified atom stereocenters. The lowest BCUT2D eigenvalue weighted by Gasteiger charge is -2.27. The summed E-state index contributed by atoms with van der Waals surface area (Å²) in [7, 11) is -3.79. The van der Waals surface area contributed by atoms with Crippen LogP contribution in [0.25, 0.3) is 0 Å². The first-order chi connectivity index (χ1) is 15.9. The van der Waals surface area contributed by atoms with Gasteiger partial charge in [0.15, 0.2) is 5.16 Å². The quantitative estimate of drug-likeness (QED) is 0.420. The number of aromatic nitrogens is 3. The molecule has 0 aliphatic carbocycles. The number of hydrogen-bond acceptors (Lipinski definition) is 9. The molecule has 1 aromatic heterocycles. The summed E-state index contributed by atoms with van der Waals surface area (Å²) in [5.41, 5.74) is -0.255. The summed E-state index contributed by atoms with van der Waals surface area (Å²) in [5, 5.41) is 20.9.